The zero-order valence-electron chi connectivity index (χ0n) is 24.2. The Morgan fingerprint density at radius 1 is 0.830 bits per heavy atom. The molecule has 0 radical (unpaired) electrons. The number of aliphatic imine (C=N–C) groups is 2. The number of benzene rings is 4. The van der Waals surface area contributed by atoms with Crippen molar-refractivity contribution in [2.24, 2.45) is 15.1 Å². The number of nitro groups is 2. The molecule has 0 aromatic heterocycles. The number of carbonyl (C=O) groups is 2. The number of halogens is 1. The molecular weight excluding hydrogens is 632 g/mol. The quantitative estimate of drug-likeness (QED) is 0.0705. The molecule has 15 heteroatoms. The fourth-order valence-electron chi connectivity index (χ4n) is 4.29. The maximum atomic E-state index is 13.2. The van der Waals surface area contributed by atoms with Crippen molar-refractivity contribution in [3.63, 3.8) is 0 Å². The largest absolute Gasteiger partial charge is 0.427 e. The number of nitrogens with zero attached hydrogens (tertiary/aromatic N) is 5. The predicted molar refractivity (Wildman–Crippen MR) is 173 cm³/mol. The summed E-state index contributed by atoms with van der Waals surface area (Å²) >= 11 is 6.29. The summed E-state index contributed by atoms with van der Waals surface area (Å²) in [6.07, 6.45) is -0.570. The molecule has 1 heterocycles. The second-order valence-corrected chi connectivity index (χ2v) is 10.2. The van der Waals surface area contributed by atoms with Gasteiger partial charge in [0.05, 0.1) is 34.2 Å². The first-order valence-electron chi connectivity index (χ1n) is 13.9. The second kappa shape index (κ2) is 14.7. The number of nitro benzene ring substituents is 2. The summed E-state index contributed by atoms with van der Waals surface area (Å²) in [5, 5.41) is 26.6. The molecule has 5 rings (SSSR count). The Bertz CT molecular complexity index is 1930. The number of rotatable bonds is 10. The maximum Gasteiger partial charge on any atom is 0.359 e. The lowest BCUT2D eigenvalue weighted by Gasteiger charge is -2.09. The molecule has 14 nitrogen and oxygen atoms in total. The van der Waals surface area contributed by atoms with E-state index in [0.29, 0.717) is 22.0 Å². The minimum absolute atomic E-state index is 0.0106. The Labute approximate surface area is 271 Å². The van der Waals surface area contributed by atoms with Crippen LogP contribution in [0.5, 0.6) is 11.5 Å². The molecular formula is C32H23ClN6O8. The predicted octanol–water partition coefficient (Wildman–Crippen LogP) is 5.97. The van der Waals surface area contributed by atoms with Gasteiger partial charge in [-0.3, -0.25) is 35.4 Å². The van der Waals surface area contributed by atoms with E-state index < -0.39 is 21.8 Å². The van der Waals surface area contributed by atoms with Gasteiger partial charge in [-0.25, -0.2) is 9.79 Å². The van der Waals surface area contributed by atoms with Gasteiger partial charge >= 0.3 is 11.9 Å². The number of nitrogens with one attached hydrogen (secondary N) is 1. The van der Waals surface area contributed by atoms with Crippen molar-refractivity contribution in [2.45, 2.75) is 12.8 Å². The number of fused-ring (bicyclic) bond motifs is 1. The first kappa shape index (κ1) is 32.1. The minimum Gasteiger partial charge on any atom is -0.427 e. The topological polar surface area (TPSA) is 188 Å². The van der Waals surface area contributed by atoms with Crippen LogP contribution in [0.4, 0.5) is 17.1 Å². The first-order chi connectivity index (χ1) is 22.7. The summed E-state index contributed by atoms with van der Waals surface area (Å²) in [5.74, 6) is -1.33. The number of hydrogen-bond donors (Lipinski definition) is 1. The van der Waals surface area contributed by atoms with Crippen LogP contribution in [0.2, 0.25) is 5.02 Å². The van der Waals surface area contributed by atoms with Crippen molar-refractivity contribution in [2.75, 3.05) is 6.54 Å². The molecule has 0 saturated heterocycles. The Morgan fingerprint density at radius 2 is 1.45 bits per heavy atom. The number of carbonyl (C=O) groups excluding carboxylic acids is 2. The summed E-state index contributed by atoms with van der Waals surface area (Å²) in [6, 6.07) is 24.4. The van der Waals surface area contributed by atoms with Crippen LogP contribution in [0.25, 0.3) is 0 Å². The zero-order valence-corrected chi connectivity index (χ0v) is 25.0. The van der Waals surface area contributed by atoms with Crippen LogP contribution in [-0.4, -0.2) is 45.6 Å². The van der Waals surface area contributed by atoms with Gasteiger partial charge in [0, 0.05) is 46.8 Å². The third-order valence-corrected chi connectivity index (χ3v) is 6.80. The molecule has 0 saturated carbocycles. The Hall–Kier alpha value is -6.28. The van der Waals surface area contributed by atoms with Gasteiger partial charge in [0.1, 0.15) is 23.0 Å². The highest BCUT2D eigenvalue weighted by Crippen LogP contribution is 2.28. The third kappa shape index (κ3) is 8.46. The average molecular weight is 655 g/mol. The molecule has 0 spiro atoms. The van der Waals surface area contributed by atoms with Crippen LogP contribution < -0.4 is 14.9 Å². The normalized spacial score (nSPS) is 12.5. The fraction of sp³-hybridized carbons (Fsp3) is 0.0938. The smallest absolute Gasteiger partial charge is 0.359 e. The van der Waals surface area contributed by atoms with Crippen LogP contribution in [0.1, 0.15) is 24.0 Å². The van der Waals surface area contributed by atoms with E-state index in [-0.39, 0.29) is 53.8 Å². The van der Waals surface area contributed by atoms with E-state index in [1.807, 2.05) is 30.3 Å². The van der Waals surface area contributed by atoms with E-state index in [4.69, 9.17) is 26.1 Å². The summed E-state index contributed by atoms with van der Waals surface area (Å²) in [7, 11) is 0. The van der Waals surface area contributed by atoms with E-state index >= 15 is 0 Å². The van der Waals surface area contributed by atoms with E-state index in [9.17, 15) is 29.8 Å². The molecule has 1 N–H and O–H groups in total. The molecule has 1 aliphatic heterocycles. The van der Waals surface area contributed by atoms with Crippen LogP contribution in [-0.2, 0) is 9.59 Å². The van der Waals surface area contributed by atoms with Crippen LogP contribution in [0.15, 0.2) is 112 Å². The number of esters is 2. The average Bonchev–Trinajstić information content (AvgIpc) is 3.24. The van der Waals surface area contributed by atoms with Gasteiger partial charge in [-0.2, -0.15) is 5.10 Å². The van der Waals surface area contributed by atoms with Crippen molar-refractivity contribution in [3.05, 3.63) is 133 Å². The zero-order chi connectivity index (χ0) is 33.3. The highest BCUT2D eigenvalue weighted by atomic mass is 35.5. The highest BCUT2D eigenvalue weighted by molar-refractivity contribution is 6.37. The van der Waals surface area contributed by atoms with Crippen LogP contribution in [0, 0.1) is 20.2 Å². The van der Waals surface area contributed by atoms with E-state index in [0.717, 1.165) is 5.56 Å². The summed E-state index contributed by atoms with van der Waals surface area (Å²) in [6.45, 7) is 0.0485. The van der Waals surface area contributed by atoms with Crippen molar-refractivity contribution >= 4 is 57.9 Å². The Balaban J connectivity index is 1.37. The van der Waals surface area contributed by atoms with Gasteiger partial charge in [-0.1, -0.05) is 41.9 Å². The molecule has 0 unspecified atom stereocenters. The van der Waals surface area contributed by atoms with Crippen molar-refractivity contribution in [3.8, 4) is 11.5 Å². The Morgan fingerprint density at radius 3 is 2.06 bits per heavy atom. The summed E-state index contributed by atoms with van der Waals surface area (Å²) in [4.78, 5) is 55.9. The van der Waals surface area contributed by atoms with Gasteiger partial charge < -0.3 is 9.47 Å². The van der Waals surface area contributed by atoms with Crippen molar-refractivity contribution in [1.82, 2.24) is 5.43 Å². The van der Waals surface area contributed by atoms with Gasteiger partial charge in [-0.05, 0) is 42.5 Å². The molecule has 47 heavy (non-hydrogen) atoms. The van der Waals surface area contributed by atoms with Gasteiger partial charge in [0.15, 0.2) is 0 Å². The lowest BCUT2D eigenvalue weighted by molar-refractivity contribution is -0.385. The van der Waals surface area contributed by atoms with Crippen LogP contribution in [0.3, 0.4) is 0 Å². The minimum atomic E-state index is -0.940. The van der Waals surface area contributed by atoms with Gasteiger partial charge in [0.2, 0.25) is 0 Å². The number of ether oxygens (including phenoxy) is 2. The standard InChI is InChI=1S/C32H23ClN6O8/c33-21-6-15-27-26(18-21)31(20-4-2-1-3-5-20)34-19-29(35-27)37-36-28(32(41)47-25-13-9-23(10-14-25)39(44)45)16-17-30(40)46-24-11-7-22(8-12-24)38(42)43/h1-15,18H,16-17,19H2,(H,35,37). The molecule has 0 aliphatic carbocycles. The molecule has 4 aromatic carbocycles. The maximum absolute atomic E-state index is 13.2. The number of amidine groups is 1. The lowest BCUT2D eigenvalue weighted by Crippen LogP contribution is -2.28. The highest BCUT2D eigenvalue weighted by Gasteiger charge is 2.21. The lowest BCUT2D eigenvalue weighted by atomic mass is 10.0. The SMILES string of the molecule is O=C(CCC(=NNC1=Nc2ccc(Cl)cc2C(c2ccccc2)=NC1)C(=O)Oc1ccc([N+](=O)[O-])cc1)Oc1ccc([N+](=O)[O-])cc1. The number of non-ortho nitro benzene ring substituents is 2. The molecule has 0 atom stereocenters. The summed E-state index contributed by atoms with van der Waals surface area (Å²) < 4.78 is 10.6. The van der Waals surface area contributed by atoms with E-state index in [2.05, 4.69) is 15.5 Å². The molecule has 0 fully saturated rings. The van der Waals surface area contributed by atoms with E-state index in [1.165, 1.54) is 48.5 Å². The summed E-state index contributed by atoms with van der Waals surface area (Å²) in [5.41, 5.74) is 4.90. The first-order valence-corrected chi connectivity index (χ1v) is 14.3. The van der Waals surface area contributed by atoms with Crippen LogP contribution >= 0.6 is 11.6 Å². The molecule has 236 valence electrons. The molecule has 1 aliphatic rings. The van der Waals surface area contributed by atoms with Crippen molar-refractivity contribution < 1.29 is 28.9 Å². The molecule has 4 aromatic rings. The number of hydrogen-bond acceptors (Lipinski definition) is 12. The Kier molecular flexibility index (Phi) is 10.0. The number of hydrazone groups is 1. The second-order valence-electron chi connectivity index (χ2n) is 9.79. The monoisotopic (exact) mass is 654 g/mol. The third-order valence-electron chi connectivity index (χ3n) is 6.56. The van der Waals surface area contributed by atoms with E-state index in [1.54, 1.807) is 18.2 Å². The molecule has 0 amide bonds. The molecule has 0 bridgehead atoms. The van der Waals surface area contributed by atoms with Gasteiger partial charge in [-0.15, -0.1) is 0 Å². The van der Waals surface area contributed by atoms with Gasteiger partial charge in [0.25, 0.3) is 11.4 Å². The fourth-order valence-corrected chi connectivity index (χ4v) is 4.47. The van der Waals surface area contributed by atoms with Crippen molar-refractivity contribution in [1.29, 1.82) is 0 Å².